The van der Waals surface area contributed by atoms with E-state index in [1.165, 1.54) is 18.2 Å². The van der Waals surface area contributed by atoms with E-state index in [-0.39, 0.29) is 17.7 Å². The normalized spacial score (nSPS) is 15.3. The molecule has 6 heteroatoms. The Labute approximate surface area is 186 Å². The number of benzene rings is 2. The van der Waals surface area contributed by atoms with E-state index in [0.717, 1.165) is 53.3 Å². The number of imidazole rings is 1. The first-order valence-electron chi connectivity index (χ1n) is 10.8. The molecule has 0 unspecified atom stereocenters. The predicted octanol–water partition coefficient (Wildman–Crippen LogP) is 5.51. The largest absolute Gasteiger partial charge is 0.323 e. The number of rotatable bonds is 6. The Morgan fingerprint density at radius 2 is 1.75 bits per heavy atom. The lowest BCUT2D eigenvalue weighted by Gasteiger charge is -2.24. The number of halogens is 2. The third kappa shape index (κ3) is 4.06. The molecule has 0 saturated heterocycles. The predicted molar refractivity (Wildman–Crippen MR) is 121 cm³/mol. The summed E-state index contributed by atoms with van der Waals surface area (Å²) in [5.41, 5.74) is 4.79. The molecule has 1 aliphatic rings. The number of fused-ring (bicyclic) bond motifs is 1. The zero-order valence-electron chi connectivity index (χ0n) is 17.9. The van der Waals surface area contributed by atoms with Crippen LogP contribution in [0.2, 0.25) is 0 Å². The van der Waals surface area contributed by atoms with Crippen molar-refractivity contribution in [1.29, 1.82) is 0 Å². The topological polar surface area (TPSA) is 34.0 Å². The maximum atomic E-state index is 13.6. The van der Waals surface area contributed by atoms with Gasteiger partial charge in [-0.3, -0.25) is 4.98 Å². The smallest absolute Gasteiger partial charge is 0.123 e. The van der Waals surface area contributed by atoms with E-state index in [4.69, 9.17) is 4.98 Å². The number of likely N-dealkylation sites (N-methyl/N-ethyl adjacent to an activating group) is 1. The van der Waals surface area contributed by atoms with Gasteiger partial charge in [-0.25, -0.2) is 13.8 Å². The lowest BCUT2D eigenvalue weighted by atomic mass is 10.0. The van der Waals surface area contributed by atoms with Gasteiger partial charge in [0, 0.05) is 49.1 Å². The second-order valence-electron chi connectivity index (χ2n) is 8.36. The van der Waals surface area contributed by atoms with E-state index in [2.05, 4.69) is 21.5 Å². The molecule has 4 nitrogen and oxygen atoms in total. The van der Waals surface area contributed by atoms with Crippen LogP contribution in [0.25, 0.3) is 22.5 Å². The number of hydrogen-bond acceptors (Lipinski definition) is 3. The number of pyridine rings is 1. The lowest BCUT2D eigenvalue weighted by Crippen LogP contribution is -2.26. The Hall–Kier alpha value is -3.38. The fraction of sp³-hybridized carbons (Fsp3) is 0.231. The maximum absolute atomic E-state index is 13.6. The van der Waals surface area contributed by atoms with Crippen LogP contribution in [0, 0.1) is 11.6 Å². The summed E-state index contributed by atoms with van der Waals surface area (Å²) in [5.74, 6) is 0.570. The molecular formula is C26H24F2N4. The van der Waals surface area contributed by atoms with Crippen LogP contribution in [0.4, 0.5) is 8.78 Å². The van der Waals surface area contributed by atoms with Gasteiger partial charge in [0.05, 0.1) is 11.4 Å². The summed E-state index contributed by atoms with van der Waals surface area (Å²) in [4.78, 5) is 11.4. The number of nitrogens with zero attached hydrogens (tertiary/aromatic N) is 4. The van der Waals surface area contributed by atoms with Crippen molar-refractivity contribution in [2.24, 2.45) is 0 Å². The Kier molecular flexibility index (Phi) is 5.53. The van der Waals surface area contributed by atoms with Gasteiger partial charge in [-0.2, -0.15) is 0 Å². The number of aryl methyl sites for hydroxylation is 1. The first-order valence-corrected chi connectivity index (χ1v) is 10.8. The summed E-state index contributed by atoms with van der Waals surface area (Å²) in [6, 6.07) is 17.5. The highest BCUT2D eigenvalue weighted by atomic mass is 19.1. The maximum Gasteiger partial charge on any atom is 0.123 e. The van der Waals surface area contributed by atoms with Crippen molar-refractivity contribution in [2.75, 3.05) is 13.6 Å². The monoisotopic (exact) mass is 430 g/mol. The van der Waals surface area contributed by atoms with Gasteiger partial charge < -0.3 is 9.47 Å². The number of aromatic nitrogens is 3. The van der Waals surface area contributed by atoms with Crippen molar-refractivity contribution in [3.8, 4) is 22.5 Å². The van der Waals surface area contributed by atoms with Crippen LogP contribution in [0.3, 0.4) is 0 Å². The van der Waals surface area contributed by atoms with Crippen LogP contribution in [-0.4, -0.2) is 33.0 Å². The van der Waals surface area contributed by atoms with Crippen molar-refractivity contribution in [2.45, 2.75) is 25.4 Å². The van der Waals surface area contributed by atoms with Gasteiger partial charge in [0.25, 0.3) is 0 Å². The van der Waals surface area contributed by atoms with Crippen LogP contribution in [-0.2, 0) is 13.0 Å². The highest BCUT2D eigenvalue weighted by Crippen LogP contribution is 2.39. The van der Waals surface area contributed by atoms with E-state index in [9.17, 15) is 8.78 Å². The molecule has 3 heterocycles. The fourth-order valence-corrected chi connectivity index (χ4v) is 4.61. The third-order valence-corrected chi connectivity index (χ3v) is 5.99. The Morgan fingerprint density at radius 1 is 0.969 bits per heavy atom. The van der Waals surface area contributed by atoms with Crippen LogP contribution in [0.1, 0.15) is 23.9 Å². The Balaban J connectivity index is 1.49. The molecule has 0 bridgehead atoms. The molecule has 0 aliphatic carbocycles. The van der Waals surface area contributed by atoms with E-state index in [1.807, 2.05) is 18.2 Å². The zero-order valence-corrected chi connectivity index (χ0v) is 17.9. The molecule has 2 aromatic carbocycles. The van der Waals surface area contributed by atoms with E-state index in [0.29, 0.717) is 6.54 Å². The van der Waals surface area contributed by atoms with Crippen molar-refractivity contribution in [3.63, 3.8) is 0 Å². The van der Waals surface area contributed by atoms with Crippen molar-refractivity contribution >= 4 is 0 Å². The summed E-state index contributed by atoms with van der Waals surface area (Å²) in [6.07, 6.45) is 5.45. The van der Waals surface area contributed by atoms with Crippen molar-refractivity contribution < 1.29 is 8.78 Å². The average Bonchev–Trinajstić information content (AvgIpc) is 3.35. The minimum Gasteiger partial charge on any atom is -0.323 e. The molecule has 162 valence electrons. The Bertz CT molecular complexity index is 1220. The molecule has 2 aromatic heterocycles. The third-order valence-electron chi connectivity index (χ3n) is 5.99. The van der Waals surface area contributed by atoms with Crippen LogP contribution in [0.15, 0.2) is 73.1 Å². The molecular weight excluding hydrogens is 406 g/mol. The minimum absolute atomic E-state index is 0.211. The van der Waals surface area contributed by atoms with Gasteiger partial charge in [0.1, 0.15) is 17.5 Å². The lowest BCUT2D eigenvalue weighted by molar-refractivity contribution is 0.274. The second kappa shape index (κ2) is 8.63. The standard InChI is InChI=1S/C26H24F2N4/c1-31(16-18-3-2-4-22(28)15-18)17-23-9-10-24-30-25(19-5-7-21(27)8-6-19)26(32(23)24)20-11-13-29-14-12-20/h2-8,11-15,23H,9-10,16-17H2,1H3/t23-/m0/s1. The quantitative estimate of drug-likeness (QED) is 0.405. The first kappa shape index (κ1) is 20.5. The molecule has 5 rings (SSSR count). The van der Waals surface area contributed by atoms with Gasteiger partial charge >= 0.3 is 0 Å². The van der Waals surface area contributed by atoms with E-state index >= 15 is 0 Å². The summed E-state index contributed by atoms with van der Waals surface area (Å²) in [5, 5.41) is 0. The second-order valence-corrected chi connectivity index (χ2v) is 8.36. The van der Waals surface area contributed by atoms with E-state index < -0.39 is 0 Å². The molecule has 4 aromatic rings. The van der Waals surface area contributed by atoms with Crippen LogP contribution >= 0.6 is 0 Å². The zero-order chi connectivity index (χ0) is 22.1. The van der Waals surface area contributed by atoms with Gasteiger partial charge in [0.2, 0.25) is 0 Å². The molecule has 0 spiro atoms. The molecule has 1 atom stereocenters. The fourth-order valence-electron chi connectivity index (χ4n) is 4.61. The van der Waals surface area contributed by atoms with Crippen molar-refractivity contribution in [1.82, 2.24) is 19.4 Å². The van der Waals surface area contributed by atoms with Crippen LogP contribution in [0.5, 0.6) is 0 Å². The summed E-state index contributed by atoms with van der Waals surface area (Å²) in [6.45, 7) is 1.49. The Morgan fingerprint density at radius 3 is 2.50 bits per heavy atom. The van der Waals surface area contributed by atoms with Gasteiger partial charge in [-0.05, 0) is 67.6 Å². The van der Waals surface area contributed by atoms with Gasteiger partial charge in [-0.1, -0.05) is 12.1 Å². The molecule has 0 N–H and O–H groups in total. The van der Waals surface area contributed by atoms with Crippen LogP contribution < -0.4 is 0 Å². The molecule has 0 amide bonds. The minimum atomic E-state index is -0.261. The van der Waals surface area contributed by atoms with Crippen molar-refractivity contribution in [3.05, 3.63) is 96.1 Å². The SMILES string of the molecule is CN(Cc1cccc(F)c1)C[C@@H]1CCc2nc(-c3ccc(F)cc3)c(-c3ccncc3)n21. The molecule has 1 aliphatic heterocycles. The molecule has 0 fully saturated rings. The molecule has 0 radical (unpaired) electrons. The summed E-state index contributed by atoms with van der Waals surface area (Å²) < 4.78 is 29.5. The highest BCUT2D eigenvalue weighted by Gasteiger charge is 2.30. The van der Waals surface area contributed by atoms with Gasteiger partial charge in [-0.15, -0.1) is 0 Å². The van der Waals surface area contributed by atoms with Gasteiger partial charge in [0.15, 0.2) is 0 Å². The first-order chi connectivity index (χ1) is 15.6. The van der Waals surface area contributed by atoms with E-state index in [1.54, 1.807) is 36.7 Å². The number of hydrogen-bond donors (Lipinski definition) is 0. The molecule has 32 heavy (non-hydrogen) atoms. The molecule has 0 saturated carbocycles. The summed E-state index contributed by atoms with van der Waals surface area (Å²) >= 11 is 0. The average molecular weight is 431 g/mol. The highest BCUT2D eigenvalue weighted by molar-refractivity contribution is 5.79. The summed E-state index contributed by atoms with van der Waals surface area (Å²) in [7, 11) is 2.06.